The van der Waals surface area contributed by atoms with Gasteiger partial charge in [0.15, 0.2) is 0 Å². The average molecular weight is 269 g/mol. The van der Waals surface area contributed by atoms with Crippen LogP contribution in [0.2, 0.25) is 21.6 Å². The molecular formula is C15H25ClSi. The predicted octanol–water partition coefficient (Wildman–Crippen LogP) is 5.23. The third kappa shape index (κ3) is 2.61. The molecule has 1 aromatic carbocycles. The second kappa shape index (κ2) is 5.58. The fourth-order valence-electron chi connectivity index (χ4n) is 3.74. The molecule has 2 heteroatoms. The Bertz CT molecular complexity index is 330. The van der Waals surface area contributed by atoms with Gasteiger partial charge in [-0.3, -0.25) is 0 Å². The van der Waals surface area contributed by atoms with Gasteiger partial charge in [-0.15, -0.1) is 0 Å². The minimum Gasteiger partial charge on any atom is -0.0843 e. The van der Waals surface area contributed by atoms with E-state index in [0.717, 1.165) is 21.6 Å². The van der Waals surface area contributed by atoms with Gasteiger partial charge in [-0.25, -0.2) is 0 Å². The van der Waals surface area contributed by atoms with Crippen molar-refractivity contribution < 1.29 is 0 Å². The molecule has 0 amide bonds. The number of rotatable bonds is 4. The number of benzene rings is 1. The third-order valence-electron chi connectivity index (χ3n) is 4.21. The number of hydrogen-bond donors (Lipinski definition) is 0. The maximum atomic E-state index is 6.02. The van der Waals surface area contributed by atoms with Crippen LogP contribution in [0.1, 0.15) is 41.5 Å². The zero-order valence-corrected chi connectivity index (χ0v) is 13.7. The molecule has 0 fully saturated rings. The van der Waals surface area contributed by atoms with E-state index in [1.807, 2.05) is 12.1 Å². The van der Waals surface area contributed by atoms with Crippen LogP contribution in [0.15, 0.2) is 24.3 Å². The minimum absolute atomic E-state index is 0.753. The fraction of sp³-hybridized carbons (Fsp3) is 0.600. The van der Waals surface area contributed by atoms with Crippen molar-refractivity contribution >= 4 is 24.9 Å². The lowest BCUT2D eigenvalue weighted by molar-refractivity contribution is 0.835. The molecule has 0 nitrogen and oxygen atoms in total. The van der Waals surface area contributed by atoms with Crippen LogP contribution < -0.4 is 5.19 Å². The summed E-state index contributed by atoms with van der Waals surface area (Å²) < 4.78 is 0. The fourth-order valence-corrected chi connectivity index (χ4v) is 10.6. The Kier molecular flexibility index (Phi) is 4.85. The summed E-state index contributed by atoms with van der Waals surface area (Å²) in [5.41, 5.74) is 2.26. The first-order valence-electron chi connectivity index (χ1n) is 6.59. The molecule has 96 valence electrons. The molecule has 0 bridgehead atoms. The summed E-state index contributed by atoms with van der Waals surface area (Å²) in [6, 6.07) is 8.61. The van der Waals surface area contributed by atoms with E-state index in [2.05, 4.69) is 53.7 Å². The standard InChI is InChI=1S/C15H25ClSi/c1-11(2)17(12(3)4,13(5)6)15-9-7-14(16)8-10-15/h7-13H,1-6H3. The summed E-state index contributed by atoms with van der Waals surface area (Å²) in [4.78, 5) is 0. The van der Waals surface area contributed by atoms with Crippen molar-refractivity contribution in [2.45, 2.75) is 58.2 Å². The van der Waals surface area contributed by atoms with Gasteiger partial charge < -0.3 is 0 Å². The number of hydrogen-bond acceptors (Lipinski definition) is 0. The Balaban J connectivity index is 3.36. The van der Waals surface area contributed by atoms with Gasteiger partial charge in [-0.1, -0.05) is 70.5 Å². The van der Waals surface area contributed by atoms with Gasteiger partial charge >= 0.3 is 0 Å². The molecular weight excluding hydrogens is 244 g/mol. The van der Waals surface area contributed by atoms with Crippen LogP contribution in [0.3, 0.4) is 0 Å². The quantitative estimate of drug-likeness (QED) is 0.657. The molecule has 1 aromatic rings. The van der Waals surface area contributed by atoms with Crippen LogP contribution >= 0.6 is 11.6 Å². The SMILES string of the molecule is CC(C)[Si](c1ccc(Cl)cc1)(C(C)C)C(C)C. The van der Waals surface area contributed by atoms with Crippen LogP contribution in [0.25, 0.3) is 0 Å². The van der Waals surface area contributed by atoms with Crippen molar-refractivity contribution in [3.05, 3.63) is 29.3 Å². The van der Waals surface area contributed by atoms with E-state index in [-0.39, 0.29) is 0 Å². The van der Waals surface area contributed by atoms with Gasteiger partial charge in [-0.05, 0) is 28.8 Å². The van der Waals surface area contributed by atoms with Crippen molar-refractivity contribution in [1.82, 2.24) is 0 Å². The van der Waals surface area contributed by atoms with Crippen molar-refractivity contribution in [2.24, 2.45) is 0 Å². The maximum Gasteiger partial charge on any atom is 0.0942 e. The summed E-state index contributed by atoms with van der Waals surface area (Å²) in [5.74, 6) is 0. The first-order chi connectivity index (χ1) is 7.83. The van der Waals surface area contributed by atoms with E-state index < -0.39 is 8.07 Å². The molecule has 0 heterocycles. The van der Waals surface area contributed by atoms with E-state index in [1.165, 1.54) is 0 Å². The molecule has 0 aliphatic rings. The number of halogens is 1. The molecule has 0 unspecified atom stereocenters. The van der Waals surface area contributed by atoms with E-state index in [1.54, 1.807) is 5.19 Å². The van der Waals surface area contributed by atoms with E-state index >= 15 is 0 Å². The van der Waals surface area contributed by atoms with Crippen molar-refractivity contribution in [1.29, 1.82) is 0 Å². The predicted molar refractivity (Wildman–Crippen MR) is 82.1 cm³/mol. The topological polar surface area (TPSA) is 0 Å². The van der Waals surface area contributed by atoms with Crippen LogP contribution in [0.5, 0.6) is 0 Å². The van der Waals surface area contributed by atoms with Crippen LogP contribution in [0, 0.1) is 0 Å². The molecule has 0 spiro atoms. The monoisotopic (exact) mass is 268 g/mol. The molecule has 0 saturated heterocycles. The average Bonchev–Trinajstić information content (AvgIpc) is 2.20. The Morgan fingerprint density at radius 3 is 1.41 bits per heavy atom. The Hall–Kier alpha value is -0.273. The zero-order chi connectivity index (χ0) is 13.2. The van der Waals surface area contributed by atoms with Crippen molar-refractivity contribution in [3.63, 3.8) is 0 Å². The van der Waals surface area contributed by atoms with Gasteiger partial charge in [0, 0.05) is 5.02 Å². The molecule has 0 N–H and O–H groups in total. The lowest BCUT2D eigenvalue weighted by atomic mass is 10.4. The lowest BCUT2D eigenvalue weighted by Gasteiger charge is -2.43. The maximum absolute atomic E-state index is 6.02. The molecule has 0 aliphatic heterocycles. The molecule has 1 rings (SSSR count). The van der Waals surface area contributed by atoms with Crippen LogP contribution in [-0.2, 0) is 0 Å². The summed E-state index contributed by atoms with van der Waals surface area (Å²) in [7, 11) is -1.49. The van der Waals surface area contributed by atoms with Gasteiger partial charge in [-0.2, -0.15) is 0 Å². The summed E-state index contributed by atoms with van der Waals surface area (Å²) in [6.07, 6.45) is 0. The minimum atomic E-state index is -1.49. The van der Waals surface area contributed by atoms with Gasteiger partial charge in [0.2, 0.25) is 0 Å². The van der Waals surface area contributed by atoms with Crippen molar-refractivity contribution in [2.75, 3.05) is 0 Å². The molecule has 0 atom stereocenters. The highest BCUT2D eigenvalue weighted by atomic mass is 35.5. The van der Waals surface area contributed by atoms with Gasteiger partial charge in [0.25, 0.3) is 0 Å². The van der Waals surface area contributed by atoms with E-state index in [9.17, 15) is 0 Å². The molecule has 0 saturated carbocycles. The summed E-state index contributed by atoms with van der Waals surface area (Å²) >= 11 is 6.02. The van der Waals surface area contributed by atoms with E-state index in [4.69, 9.17) is 11.6 Å². The summed E-state index contributed by atoms with van der Waals surface area (Å²) in [6.45, 7) is 14.3. The molecule has 17 heavy (non-hydrogen) atoms. The zero-order valence-electron chi connectivity index (χ0n) is 11.9. The van der Waals surface area contributed by atoms with Gasteiger partial charge in [0.1, 0.15) is 0 Å². The smallest absolute Gasteiger partial charge is 0.0843 e. The third-order valence-corrected chi connectivity index (χ3v) is 11.5. The Morgan fingerprint density at radius 2 is 1.12 bits per heavy atom. The van der Waals surface area contributed by atoms with Crippen LogP contribution in [0.4, 0.5) is 0 Å². The lowest BCUT2D eigenvalue weighted by Crippen LogP contribution is -2.55. The first kappa shape index (κ1) is 14.8. The highest BCUT2D eigenvalue weighted by molar-refractivity contribution is 6.95. The highest BCUT2D eigenvalue weighted by Crippen LogP contribution is 2.40. The second-order valence-electron chi connectivity index (χ2n) is 5.90. The normalized spacial score (nSPS) is 12.8. The second-order valence-corrected chi connectivity index (χ2v) is 12.2. The Morgan fingerprint density at radius 1 is 0.765 bits per heavy atom. The van der Waals surface area contributed by atoms with Crippen LogP contribution in [-0.4, -0.2) is 8.07 Å². The largest absolute Gasteiger partial charge is 0.0942 e. The molecule has 0 aromatic heterocycles. The first-order valence-corrected chi connectivity index (χ1v) is 9.20. The molecule has 0 radical (unpaired) electrons. The molecule has 0 aliphatic carbocycles. The summed E-state index contributed by atoms with van der Waals surface area (Å²) in [5, 5.41) is 2.40. The Labute approximate surface area is 112 Å². The van der Waals surface area contributed by atoms with E-state index in [0.29, 0.717) is 0 Å². The van der Waals surface area contributed by atoms with Gasteiger partial charge in [0.05, 0.1) is 8.07 Å². The van der Waals surface area contributed by atoms with Crippen molar-refractivity contribution in [3.8, 4) is 0 Å². The highest BCUT2D eigenvalue weighted by Gasteiger charge is 2.43.